The third-order valence-electron chi connectivity index (χ3n) is 3.02. The Balaban J connectivity index is 2.46. The van der Waals surface area contributed by atoms with E-state index in [4.69, 9.17) is 0 Å². The van der Waals surface area contributed by atoms with E-state index in [9.17, 15) is 5.21 Å². The third-order valence-corrected chi connectivity index (χ3v) is 3.02. The first-order valence-corrected chi connectivity index (χ1v) is 6.09. The Bertz CT molecular complexity index is 526. The molecule has 0 radical (unpaired) electrons. The van der Waals surface area contributed by atoms with Crippen molar-refractivity contribution in [1.29, 1.82) is 0 Å². The second kappa shape index (κ2) is 5.48. The number of fused-ring (bicyclic) bond motifs is 1. The molecule has 17 heavy (non-hydrogen) atoms. The SMILES string of the molecule is CCCCC(=[NH+][O-])c1cccc2ccccc12. The maximum Gasteiger partial charge on any atom is 0.193 e. The summed E-state index contributed by atoms with van der Waals surface area (Å²) in [5.41, 5.74) is 1.83. The van der Waals surface area contributed by atoms with E-state index in [2.05, 4.69) is 30.3 Å². The first-order valence-electron chi connectivity index (χ1n) is 6.09. The molecule has 2 aromatic carbocycles. The highest BCUT2D eigenvalue weighted by Crippen LogP contribution is 2.19. The molecule has 0 aromatic heterocycles. The Morgan fingerprint density at radius 2 is 1.88 bits per heavy atom. The highest BCUT2D eigenvalue weighted by atomic mass is 16.4. The maximum atomic E-state index is 11.1. The molecule has 2 rings (SSSR count). The van der Waals surface area contributed by atoms with Gasteiger partial charge in [-0.2, -0.15) is 0 Å². The number of rotatable bonds is 4. The summed E-state index contributed by atoms with van der Waals surface area (Å²) >= 11 is 0. The standard InChI is InChI=1S/C15H17NO/c1-2-3-11-15(16-17)14-10-6-8-12-7-4-5-9-13(12)14/h4-10,16H,2-3,11H2,1H3. The summed E-state index contributed by atoms with van der Waals surface area (Å²) < 4.78 is 0. The smallest absolute Gasteiger partial charge is 0.193 e. The topological polar surface area (TPSA) is 37.0 Å². The van der Waals surface area contributed by atoms with Crippen molar-refractivity contribution in [2.24, 2.45) is 0 Å². The lowest BCUT2D eigenvalue weighted by molar-refractivity contribution is -0.374. The van der Waals surface area contributed by atoms with Gasteiger partial charge in [0.15, 0.2) is 5.71 Å². The quantitative estimate of drug-likeness (QED) is 0.486. The van der Waals surface area contributed by atoms with Gasteiger partial charge in [-0.3, -0.25) is 0 Å². The molecule has 0 amide bonds. The molecule has 0 saturated heterocycles. The second-order valence-corrected chi connectivity index (χ2v) is 4.21. The molecule has 1 N–H and O–H groups in total. The highest BCUT2D eigenvalue weighted by Gasteiger charge is 2.11. The van der Waals surface area contributed by atoms with Crippen molar-refractivity contribution in [2.75, 3.05) is 0 Å². The zero-order valence-electron chi connectivity index (χ0n) is 10.1. The zero-order valence-corrected chi connectivity index (χ0v) is 10.1. The Labute approximate surface area is 102 Å². The minimum Gasteiger partial charge on any atom is -0.625 e. The van der Waals surface area contributed by atoms with Crippen molar-refractivity contribution in [3.05, 3.63) is 53.2 Å². The van der Waals surface area contributed by atoms with Crippen molar-refractivity contribution in [3.63, 3.8) is 0 Å². The van der Waals surface area contributed by atoms with Gasteiger partial charge in [0, 0.05) is 6.42 Å². The molecule has 0 spiro atoms. The Hall–Kier alpha value is -1.83. The van der Waals surface area contributed by atoms with Crippen molar-refractivity contribution < 1.29 is 5.16 Å². The normalized spacial score (nSPS) is 11.9. The summed E-state index contributed by atoms with van der Waals surface area (Å²) in [6.45, 7) is 2.13. The molecule has 0 aliphatic rings. The fraction of sp³-hybridized carbons (Fsp3) is 0.267. The van der Waals surface area contributed by atoms with E-state index in [1.807, 2.05) is 24.3 Å². The maximum absolute atomic E-state index is 11.1. The zero-order chi connectivity index (χ0) is 12.1. The molecule has 2 aromatic rings. The van der Waals surface area contributed by atoms with Gasteiger partial charge in [0.1, 0.15) is 0 Å². The van der Waals surface area contributed by atoms with E-state index in [-0.39, 0.29) is 0 Å². The van der Waals surface area contributed by atoms with Gasteiger partial charge in [0.05, 0.1) is 5.56 Å². The number of nitrogens with one attached hydrogen (secondary N) is 1. The number of benzene rings is 2. The van der Waals surface area contributed by atoms with E-state index in [1.165, 1.54) is 5.39 Å². The van der Waals surface area contributed by atoms with Crippen LogP contribution in [0.2, 0.25) is 0 Å². The molecule has 2 heteroatoms. The molecule has 0 aliphatic carbocycles. The predicted octanol–water partition coefficient (Wildman–Crippen LogP) is 2.40. The van der Waals surface area contributed by atoms with E-state index >= 15 is 0 Å². The Morgan fingerprint density at radius 1 is 1.12 bits per heavy atom. The van der Waals surface area contributed by atoms with Gasteiger partial charge < -0.3 is 5.21 Å². The van der Waals surface area contributed by atoms with Gasteiger partial charge in [-0.1, -0.05) is 49.7 Å². The number of hydrogen-bond donors (Lipinski definition) is 1. The van der Waals surface area contributed by atoms with E-state index in [0.717, 1.165) is 35.9 Å². The van der Waals surface area contributed by atoms with Crippen LogP contribution in [0.4, 0.5) is 0 Å². The van der Waals surface area contributed by atoms with E-state index in [1.54, 1.807) is 0 Å². The molecule has 0 heterocycles. The lowest BCUT2D eigenvalue weighted by Crippen LogP contribution is -2.65. The minimum atomic E-state index is 0.795. The molecule has 2 nitrogen and oxygen atoms in total. The fourth-order valence-electron chi connectivity index (χ4n) is 2.08. The molecule has 88 valence electrons. The lowest BCUT2D eigenvalue weighted by atomic mass is 9.98. The van der Waals surface area contributed by atoms with E-state index in [0.29, 0.717) is 0 Å². The van der Waals surface area contributed by atoms with Crippen LogP contribution in [-0.2, 0) is 0 Å². The Kier molecular flexibility index (Phi) is 3.76. The van der Waals surface area contributed by atoms with Crippen molar-refractivity contribution in [3.8, 4) is 0 Å². The monoisotopic (exact) mass is 227 g/mol. The molecule has 0 saturated carbocycles. The van der Waals surface area contributed by atoms with Crippen LogP contribution in [0.25, 0.3) is 10.8 Å². The summed E-state index contributed by atoms with van der Waals surface area (Å²) in [5.74, 6) is 0. The molecule has 0 unspecified atom stereocenters. The molecular formula is C15H17NO. The van der Waals surface area contributed by atoms with Gasteiger partial charge in [-0.15, -0.1) is 0 Å². The van der Waals surface area contributed by atoms with Crippen molar-refractivity contribution in [2.45, 2.75) is 26.2 Å². The third kappa shape index (κ3) is 2.47. The number of unbranched alkanes of at least 4 members (excludes halogenated alkanes) is 1. The summed E-state index contributed by atoms with van der Waals surface area (Å²) in [7, 11) is 0. The first kappa shape index (κ1) is 11.6. The summed E-state index contributed by atoms with van der Waals surface area (Å²) in [4.78, 5) is 0. The van der Waals surface area contributed by atoms with Crippen molar-refractivity contribution in [1.82, 2.24) is 0 Å². The Morgan fingerprint density at radius 3 is 2.65 bits per heavy atom. The van der Waals surface area contributed by atoms with Crippen LogP contribution >= 0.6 is 0 Å². The summed E-state index contributed by atoms with van der Waals surface area (Å²) in [6.07, 6.45) is 2.94. The summed E-state index contributed by atoms with van der Waals surface area (Å²) in [6, 6.07) is 14.2. The van der Waals surface area contributed by atoms with Crippen LogP contribution in [-0.4, -0.2) is 5.71 Å². The average molecular weight is 227 g/mol. The second-order valence-electron chi connectivity index (χ2n) is 4.21. The van der Waals surface area contributed by atoms with Gasteiger partial charge in [-0.05, 0) is 23.3 Å². The van der Waals surface area contributed by atoms with Gasteiger partial charge in [0.25, 0.3) is 0 Å². The predicted molar refractivity (Wildman–Crippen MR) is 71.9 cm³/mol. The van der Waals surface area contributed by atoms with Crippen LogP contribution in [0, 0.1) is 5.21 Å². The van der Waals surface area contributed by atoms with Crippen LogP contribution in [0.1, 0.15) is 31.7 Å². The fourth-order valence-corrected chi connectivity index (χ4v) is 2.08. The van der Waals surface area contributed by atoms with E-state index < -0.39 is 0 Å². The van der Waals surface area contributed by atoms with Crippen molar-refractivity contribution >= 4 is 16.5 Å². The van der Waals surface area contributed by atoms with Crippen LogP contribution in [0.3, 0.4) is 0 Å². The largest absolute Gasteiger partial charge is 0.625 e. The molecular weight excluding hydrogens is 210 g/mol. The van der Waals surface area contributed by atoms with Crippen LogP contribution in [0.15, 0.2) is 42.5 Å². The molecule has 0 atom stereocenters. The number of hydrogen-bond acceptors (Lipinski definition) is 1. The highest BCUT2D eigenvalue weighted by molar-refractivity contribution is 6.08. The summed E-state index contributed by atoms with van der Waals surface area (Å²) in [5, 5.41) is 15.5. The lowest BCUT2D eigenvalue weighted by Gasteiger charge is -2.06. The molecule has 0 fully saturated rings. The van der Waals surface area contributed by atoms with Crippen LogP contribution < -0.4 is 5.16 Å². The first-order chi connectivity index (χ1) is 8.36. The van der Waals surface area contributed by atoms with Crippen LogP contribution in [0.5, 0.6) is 0 Å². The molecule has 0 aliphatic heterocycles. The molecule has 0 bridgehead atoms. The van der Waals surface area contributed by atoms with Gasteiger partial charge in [-0.25, -0.2) is 5.16 Å². The van der Waals surface area contributed by atoms with Gasteiger partial charge >= 0.3 is 0 Å². The van der Waals surface area contributed by atoms with Gasteiger partial charge in [0.2, 0.25) is 0 Å². The minimum absolute atomic E-state index is 0.795. The average Bonchev–Trinajstić information content (AvgIpc) is 2.40.